The lowest BCUT2D eigenvalue weighted by Gasteiger charge is -2.11. The summed E-state index contributed by atoms with van der Waals surface area (Å²) >= 11 is 6.31. The number of anilines is 1. The SMILES string of the molecule is CCNc1nnc(-c2ccccc2)nc1-c1ccccc1Cl. The average Bonchev–Trinajstić information content (AvgIpc) is 2.57. The Morgan fingerprint density at radius 2 is 1.68 bits per heavy atom. The summed E-state index contributed by atoms with van der Waals surface area (Å²) in [7, 11) is 0. The Morgan fingerprint density at radius 1 is 0.955 bits per heavy atom. The highest BCUT2D eigenvalue weighted by molar-refractivity contribution is 6.33. The number of nitrogens with one attached hydrogen (secondary N) is 1. The Hall–Kier alpha value is -2.46. The topological polar surface area (TPSA) is 50.7 Å². The van der Waals surface area contributed by atoms with E-state index in [2.05, 4.69) is 20.5 Å². The summed E-state index contributed by atoms with van der Waals surface area (Å²) in [5.41, 5.74) is 2.47. The van der Waals surface area contributed by atoms with Gasteiger partial charge in [-0.3, -0.25) is 0 Å². The molecular weight excluding hydrogens is 296 g/mol. The molecule has 0 spiro atoms. The zero-order chi connectivity index (χ0) is 15.4. The summed E-state index contributed by atoms with van der Waals surface area (Å²) in [6, 6.07) is 17.4. The van der Waals surface area contributed by atoms with Crippen molar-refractivity contribution in [3.8, 4) is 22.6 Å². The molecular formula is C17H15ClN4. The summed E-state index contributed by atoms with van der Waals surface area (Å²) in [4.78, 5) is 4.67. The summed E-state index contributed by atoms with van der Waals surface area (Å²) in [5, 5.41) is 12.3. The first-order chi connectivity index (χ1) is 10.8. The van der Waals surface area contributed by atoms with E-state index < -0.39 is 0 Å². The fraction of sp³-hybridized carbons (Fsp3) is 0.118. The van der Waals surface area contributed by atoms with Gasteiger partial charge in [0.15, 0.2) is 11.6 Å². The maximum Gasteiger partial charge on any atom is 0.182 e. The van der Waals surface area contributed by atoms with Crippen LogP contribution in [-0.4, -0.2) is 21.7 Å². The van der Waals surface area contributed by atoms with E-state index in [-0.39, 0.29) is 0 Å². The van der Waals surface area contributed by atoms with E-state index in [1.807, 2.05) is 61.5 Å². The van der Waals surface area contributed by atoms with Crippen molar-refractivity contribution in [2.24, 2.45) is 0 Å². The number of rotatable bonds is 4. The molecule has 1 aromatic heterocycles. The first-order valence-electron chi connectivity index (χ1n) is 7.08. The van der Waals surface area contributed by atoms with Gasteiger partial charge in [-0.15, -0.1) is 10.2 Å². The van der Waals surface area contributed by atoms with Gasteiger partial charge in [-0.25, -0.2) is 4.98 Å². The third kappa shape index (κ3) is 2.92. The maximum atomic E-state index is 6.31. The molecule has 22 heavy (non-hydrogen) atoms. The molecule has 0 radical (unpaired) electrons. The zero-order valence-electron chi connectivity index (χ0n) is 12.1. The van der Waals surface area contributed by atoms with Gasteiger partial charge < -0.3 is 5.32 Å². The van der Waals surface area contributed by atoms with Gasteiger partial charge in [0.25, 0.3) is 0 Å². The molecule has 1 heterocycles. The van der Waals surface area contributed by atoms with Gasteiger partial charge in [-0.05, 0) is 13.0 Å². The van der Waals surface area contributed by atoms with E-state index in [0.717, 1.165) is 17.7 Å². The number of halogens is 1. The van der Waals surface area contributed by atoms with E-state index >= 15 is 0 Å². The van der Waals surface area contributed by atoms with Crippen LogP contribution in [0.15, 0.2) is 54.6 Å². The first-order valence-corrected chi connectivity index (χ1v) is 7.46. The molecule has 0 unspecified atom stereocenters. The summed E-state index contributed by atoms with van der Waals surface area (Å²) < 4.78 is 0. The van der Waals surface area contributed by atoms with Crippen LogP contribution in [0.25, 0.3) is 22.6 Å². The summed E-state index contributed by atoms with van der Waals surface area (Å²) in [6.45, 7) is 2.74. The molecule has 0 aliphatic heterocycles. The van der Waals surface area contributed by atoms with Crippen molar-refractivity contribution in [1.29, 1.82) is 0 Å². The van der Waals surface area contributed by atoms with Crippen LogP contribution in [0.5, 0.6) is 0 Å². The molecule has 2 aromatic carbocycles. The predicted octanol–water partition coefficient (Wildman–Crippen LogP) is 4.29. The highest BCUT2D eigenvalue weighted by Crippen LogP contribution is 2.31. The second-order valence-electron chi connectivity index (χ2n) is 4.71. The van der Waals surface area contributed by atoms with Crippen LogP contribution in [-0.2, 0) is 0 Å². The van der Waals surface area contributed by atoms with Crippen molar-refractivity contribution in [1.82, 2.24) is 15.2 Å². The van der Waals surface area contributed by atoms with Crippen molar-refractivity contribution >= 4 is 17.4 Å². The molecule has 0 aliphatic rings. The van der Waals surface area contributed by atoms with Crippen LogP contribution in [0.1, 0.15) is 6.92 Å². The second-order valence-corrected chi connectivity index (χ2v) is 5.12. The molecule has 0 fully saturated rings. The molecule has 1 N–H and O–H groups in total. The molecule has 0 amide bonds. The van der Waals surface area contributed by atoms with Crippen molar-refractivity contribution in [2.75, 3.05) is 11.9 Å². The van der Waals surface area contributed by atoms with Crippen LogP contribution in [0, 0.1) is 0 Å². The van der Waals surface area contributed by atoms with Gasteiger partial charge in [0.2, 0.25) is 0 Å². The summed E-state index contributed by atoms with van der Waals surface area (Å²) in [5.74, 6) is 1.22. The molecule has 0 saturated carbocycles. The molecule has 110 valence electrons. The van der Waals surface area contributed by atoms with Crippen molar-refractivity contribution < 1.29 is 0 Å². The highest BCUT2D eigenvalue weighted by Gasteiger charge is 2.14. The molecule has 0 bridgehead atoms. The van der Waals surface area contributed by atoms with Crippen LogP contribution in [0.3, 0.4) is 0 Å². The van der Waals surface area contributed by atoms with E-state index in [9.17, 15) is 0 Å². The lowest BCUT2D eigenvalue weighted by molar-refractivity contribution is 0.973. The van der Waals surface area contributed by atoms with Gasteiger partial charge in [0, 0.05) is 17.7 Å². The fourth-order valence-corrected chi connectivity index (χ4v) is 2.39. The minimum Gasteiger partial charge on any atom is -0.367 e. The number of benzene rings is 2. The standard InChI is InChI=1S/C17H15ClN4/c1-2-19-17-15(13-10-6-7-11-14(13)18)20-16(21-22-17)12-8-4-3-5-9-12/h3-11H,2H2,1H3,(H,19,22). The molecule has 0 aliphatic carbocycles. The van der Waals surface area contributed by atoms with Crippen molar-refractivity contribution in [3.05, 3.63) is 59.6 Å². The normalized spacial score (nSPS) is 10.5. The van der Waals surface area contributed by atoms with E-state index in [1.54, 1.807) is 0 Å². The number of aromatic nitrogens is 3. The van der Waals surface area contributed by atoms with Gasteiger partial charge in [0.1, 0.15) is 5.69 Å². The van der Waals surface area contributed by atoms with Gasteiger partial charge in [0.05, 0.1) is 5.02 Å². The lowest BCUT2D eigenvalue weighted by atomic mass is 10.1. The fourth-order valence-electron chi connectivity index (χ4n) is 2.16. The first kappa shape index (κ1) is 14.5. The largest absolute Gasteiger partial charge is 0.367 e. The monoisotopic (exact) mass is 310 g/mol. The molecule has 0 saturated heterocycles. The zero-order valence-corrected chi connectivity index (χ0v) is 12.9. The molecule has 4 nitrogen and oxygen atoms in total. The Balaban J connectivity index is 2.15. The van der Waals surface area contributed by atoms with Crippen LogP contribution in [0.4, 0.5) is 5.82 Å². The number of hydrogen-bond donors (Lipinski definition) is 1. The minimum absolute atomic E-state index is 0.581. The molecule has 3 rings (SSSR count). The van der Waals surface area contributed by atoms with Gasteiger partial charge in [-0.2, -0.15) is 0 Å². The Morgan fingerprint density at radius 3 is 2.41 bits per heavy atom. The summed E-state index contributed by atoms with van der Waals surface area (Å²) in [6.07, 6.45) is 0. The molecule has 5 heteroatoms. The van der Waals surface area contributed by atoms with Crippen LogP contribution < -0.4 is 5.32 Å². The number of hydrogen-bond acceptors (Lipinski definition) is 4. The lowest BCUT2D eigenvalue weighted by Crippen LogP contribution is -2.06. The van der Waals surface area contributed by atoms with E-state index in [1.165, 1.54) is 0 Å². The Labute approximate surface area is 134 Å². The number of nitrogens with zero attached hydrogens (tertiary/aromatic N) is 3. The van der Waals surface area contributed by atoms with Gasteiger partial charge >= 0.3 is 0 Å². The van der Waals surface area contributed by atoms with Gasteiger partial charge in [-0.1, -0.05) is 60.1 Å². The average molecular weight is 311 g/mol. The quantitative estimate of drug-likeness (QED) is 0.781. The Bertz CT molecular complexity index is 775. The van der Waals surface area contributed by atoms with Crippen LogP contribution >= 0.6 is 11.6 Å². The van der Waals surface area contributed by atoms with E-state index in [0.29, 0.717) is 22.4 Å². The van der Waals surface area contributed by atoms with Crippen LogP contribution in [0.2, 0.25) is 5.02 Å². The minimum atomic E-state index is 0.581. The van der Waals surface area contributed by atoms with Crippen molar-refractivity contribution in [3.63, 3.8) is 0 Å². The molecule has 3 aromatic rings. The Kier molecular flexibility index (Phi) is 4.30. The second kappa shape index (κ2) is 6.54. The van der Waals surface area contributed by atoms with Crippen molar-refractivity contribution in [2.45, 2.75) is 6.92 Å². The highest BCUT2D eigenvalue weighted by atomic mass is 35.5. The van der Waals surface area contributed by atoms with E-state index in [4.69, 9.17) is 11.6 Å². The third-order valence-corrected chi connectivity index (χ3v) is 3.52. The maximum absolute atomic E-state index is 6.31. The smallest absolute Gasteiger partial charge is 0.182 e. The molecule has 0 atom stereocenters. The third-order valence-electron chi connectivity index (χ3n) is 3.19. The predicted molar refractivity (Wildman–Crippen MR) is 89.9 cm³/mol.